The van der Waals surface area contributed by atoms with Crippen LogP contribution in [0.25, 0.3) is 44.3 Å². The van der Waals surface area contributed by atoms with Crippen molar-refractivity contribution in [2.45, 2.75) is 19.3 Å². The summed E-state index contributed by atoms with van der Waals surface area (Å²) in [5.41, 5.74) is 5.15. The summed E-state index contributed by atoms with van der Waals surface area (Å²) in [5, 5.41) is 2.17. The number of benzene rings is 5. The van der Waals surface area contributed by atoms with Crippen molar-refractivity contribution in [1.29, 1.82) is 0 Å². The molecule has 0 radical (unpaired) electrons. The molecule has 0 N–H and O–H groups in total. The summed E-state index contributed by atoms with van der Waals surface area (Å²) < 4.78 is 42.5. The van der Waals surface area contributed by atoms with Gasteiger partial charge < -0.3 is 23.5 Å². The number of rotatable bonds is 7. The summed E-state index contributed by atoms with van der Waals surface area (Å²) in [6.45, 7) is -0.407. The van der Waals surface area contributed by atoms with Crippen molar-refractivity contribution in [2.75, 3.05) is 18.0 Å². The number of imidazole rings is 1. The molecule has 240 valence electrons. The zero-order valence-corrected chi connectivity index (χ0v) is 26.8. The molecule has 1 aliphatic rings. The second-order valence-electron chi connectivity index (χ2n) is 12.4. The Labute approximate surface area is 289 Å². The minimum Gasteiger partial charge on any atom is -0.458 e. The van der Waals surface area contributed by atoms with Crippen molar-refractivity contribution in [3.8, 4) is 34.5 Å². The number of aromatic nitrogens is 4. The molecule has 1 fully saturated rings. The minimum absolute atomic E-state index is 0.595. The normalized spacial score (nSPS) is 14.5. The van der Waals surface area contributed by atoms with Gasteiger partial charge in [0, 0.05) is 47.9 Å². The highest BCUT2D eigenvalue weighted by molar-refractivity contribution is 6.09. The monoisotopic (exact) mass is 644 g/mol. The van der Waals surface area contributed by atoms with Gasteiger partial charge in [0.05, 0.1) is 38.8 Å². The lowest BCUT2D eigenvalue weighted by Gasteiger charge is -2.29. The molecule has 7 nitrogen and oxygen atoms in total. The molecule has 9 rings (SSSR count). The highest BCUT2D eigenvalue weighted by Crippen LogP contribution is 2.36. The zero-order valence-electron chi connectivity index (χ0n) is 29.8. The molecular formula is C42H35N5O2. The van der Waals surface area contributed by atoms with Gasteiger partial charge in [0.25, 0.3) is 0 Å². The van der Waals surface area contributed by atoms with E-state index in [2.05, 4.69) is 40.1 Å². The predicted octanol–water partition coefficient (Wildman–Crippen LogP) is 9.32. The molecule has 0 bridgehead atoms. The minimum atomic E-state index is -2.39. The van der Waals surface area contributed by atoms with Crippen molar-refractivity contribution >= 4 is 38.5 Å². The number of piperidine rings is 1. The molecular weight excluding hydrogens is 606 g/mol. The highest BCUT2D eigenvalue weighted by atomic mass is 16.5. The third-order valence-corrected chi connectivity index (χ3v) is 9.24. The van der Waals surface area contributed by atoms with Crippen molar-refractivity contribution in [3.05, 3.63) is 140 Å². The molecule has 0 unspecified atom stereocenters. The quantitative estimate of drug-likeness (QED) is 0.128. The fourth-order valence-electron chi connectivity index (χ4n) is 6.93. The van der Waals surface area contributed by atoms with Gasteiger partial charge in [0.15, 0.2) is 0 Å². The third kappa shape index (κ3) is 5.43. The standard InChI is InChI=1S/C42H35N5O2/c1-44-29-46(41-26-30(17-20-39(41)44)45-23-8-3-9-24-45)31-11-10-14-33(25-31)49-34-18-19-37-36-15-6-7-16-38(36)47(40(37)27-34)42-28-35(21-22-43-42)48-32-12-4-2-5-13-32/h2,4-7,10-22,25-28H,3,8-9,23-24H2,1H3/i1D3. The Balaban J connectivity index is 1.09. The van der Waals surface area contributed by atoms with Gasteiger partial charge >= 0.3 is 0 Å². The second kappa shape index (κ2) is 12.2. The Kier molecular flexibility index (Phi) is 6.45. The summed E-state index contributed by atoms with van der Waals surface area (Å²) in [7, 11) is 0. The van der Waals surface area contributed by atoms with E-state index < -0.39 is 6.98 Å². The molecule has 5 aromatic carbocycles. The van der Waals surface area contributed by atoms with Crippen LogP contribution in [-0.4, -0.2) is 27.2 Å². The fraction of sp³-hybridized carbons (Fsp3) is 0.143. The number of anilines is 1. The highest BCUT2D eigenvalue weighted by Gasteiger charge is 2.17. The molecule has 1 aliphatic heterocycles. The van der Waals surface area contributed by atoms with Gasteiger partial charge in [-0.15, -0.1) is 0 Å². The maximum absolute atomic E-state index is 8.22. The first-order valence-electron chi connectivity index (χ1n) is 18.2. The van der Waals surface area contributed by atoms with Crippen molar-refractivity contribution in [3.63, 3.8) is 0 Å². The smallest absolute Gasteiger partial charge is 0.244 e. The van der Waals surface area contributed by atoms with Crippen LogP contribution >= 0.6 is 0 Å². The number of nitrogens with zero attached hydrogens (tertiary/aromatic N) is 5. The van der Waals surface area contributed by atoms with Gasteiger partial charge in [-0.05, 0) is 79.9 Å². The van der Waals surface area contributed by atoms with Crippen LogP contribution in [0.4, 0.5) is 5.69 Å². The second-order valence-corrected chi connectivity index (χ2v) is 12.4. The van der Waals surface area contributed by atoms with Gasteiger partial charge in [-0.1, -0.05) is 54.6 Å². The average Bonchev–Trinajstić information content (AvgIpc) is 3.72. The number of fused-ring (bicyclic) bond motifs is 4. The third-order valence-electron chi connectivity index (χ3n) is 9.24. The van der Waals surface area contributed by atoms with E-state index in [9.17, 15) is 0 Å². The van der Waals surface area contributed by atoms with Crippen molar-refractivity contribution in [2.24, 2.45) is 6.98 Å². The molecule has 0 amide bonds. The van der Waals surface area contributed by atoms with E-state index >= 15 is 0 Å². The SMILES string of the molecule is [2H]C([2H])([2H])[n+]1[c-]n(-c2cccc(Oc3ccc4c5ccccc5n(-c5cc(Oc6ccccc6)ccn5)c4c3)c2)c2cc(N3CCCCC3)ccc21. The molecule has 4 heterocycles. The van der Waals surface area contributed by atoms with E-state index in [0.29, 0.717) is 22.8 Å². The van der Waals surface area contributed by atoms with Crippen molar-refractivity contribution < 1.29 is 18.2 Å². The molecule has 3 aromatic heterocycles. The van der Waals surface area contributed by atoms with Gasteiger partial charge in [-0.2, -0.15) is 0 Å². The van der Waals surface area contributed by atoms with Gasteiger partial charge in [0.2, 0.25) is 6.33 Å². The summed E-state index contributed by atoms with van der Waals surface area (Å²) >= 11 is 0. The molecule has 0 spiro atoms. The number of hydrogen-bond donors (Lipinski definition) is 0. The maximum Gasteiger partial charge on any atom is 0.244 e. The van der Waals surface area contributed by atoms with Crippen LogP contribution in [0.2, 0.25) is 0 Å². The van der Waals surface area contributed by atoms with E-state index in [1.165, 1.54) is 11.0 Å². The van der Waals surface area contributed by atoms with Crippen LogP contribution in [0.3, 0.4) is 0 Å². The van der Waals surface area contributed by atoms with Crippen LogP contribution in [0, 0.1) is 6.33 Å². The Morgan fingerprint density at radius 2 is 1.41 bits per heavy atom. The molecule has 1 saturated heterocycles. The van der Waals surface area contributed by atoms with E-state index in [1.54, 1.807) is 6.20 Å². The Hall–Kier alpha value is -6.08. The summed E-state index contributed by atoms with van der Waals surface area (Å²) in [4.78, 5) is 7.13. The van der Waals surface area contributed by atoms with Gasteiger partial charge in [0.1, 0.15) is 28.8 Å². The van der Waals surface area contributed by atoms with Crippen LogP contribution < -0.4 is 18.9 Å². The van der Waals surface area contributed by atoms with E-state index in [1.807, 2.05) is 108 Å². The van der Waals surface area contributed by atoms with E-state index in [-0.39, 0.29) is 0 Å². The van der Waals surface area contributed by atoms with Crippen LogP contribution in [0.1, 0.15) is 23.4 Å². The lowest BCUT2D eigenvalue weighted by atomic mass is 10.1. The summed E-state index contributed by atoms with van der Waals surface area (Å²) in [6, 6.07) is 41.5. The Bertz CT molecular complexity index is 2570. The van der Waals surface area contributed by atoms with Crippen LogP contribution in [0.5, 0.6) is 23.0 Å². The van der Waals surface area contributed by atoms with Crippen LogP contribution in [0.15, 0.2) is 134 Å². The lowest BCUT2D eigenvalue weighted by Crippen LogP contribution is -2.29. The zero-order chi connectivity index (χ0) is 35.2. The first kappa shape index (κ1) is 25.9. The topological polar surface area (TPSA) is 48.3 Å². The maximum atomic E-state index is 8.22. The predicted molar refractivity (Wildman–Crippen MR) is 195 cm³/mol. The summed E-state index contributed by atoms with van der Waals surface area (Å²) in [5.74, 6) is 3.42. The molecule has 0 saturated carbocycles. The largest absolute Gasteiger partial charge is 0.458 e. The van der Waals surface area contributed by atoms with Crippen molar-refractivity contribution in [1.82, 2.24) is 14.1 Å². The molecule has 0 atom stereocenters. The lowest BCUT2D eigenvalue weighted by molar-refractivity contribution is -0.649. The summed E-state index contributed by atoms with van der Waals surface area (Å²) in [6.07, 6.45) is 8.42. The molecule has 49 heavy (non-hydrogen) atoms. The van der Waals surface area contributed by atoms with E-state index in [4.69, 9.17) is 18.6 Å². The first-order valence-corrected chi connectivity index (χ1v) is 16.7. The Morgan fingerprint density at radius 1 is 0.633 bits per heavy atom. The van der Waals surface area contributed by atoms with Gasteiger partial charge in [-0.25, -0.2) is 4.98 Å². The van der Waals surface area contributed by atoms with E-state index in [0.717, 1.165) is 76.2 Å². The number of aryl methyl sites for hydroxylation is 1. The average molecular weight is 645 g/mol. The number of hydrogen-bond acceptors (Lipinski definition) is 4. The molecule has 8 aromatic rings. The number of ether oxygens (including phenoxy) is 2. The number of pyridine rings is 1. The first-order chi connectivity index (χ1) is 25.4. The Morgan fingerprint density at radius 3 is 2.31 bits per heavy atom. The van der Waals surface area contributed by atoms with Crippen LogP contribution in [-0.2, 0) is 6.98 Å². The molecule has 0 aliphatic carbocycles. The molecule has 7 heteroatoms. The fourth-order valence-corrected chi connectivity index (χ4v) is 6.93. The number of para-hydroxylation sites is 2. The van der Waals surface area contributed by atoms with Gasteiger partial charge in [-0.3, -0.25) is 4.57 Å².